The summed E-state index contributed by atoms with van der Waals surface area (Å²) in [4.78, 5) is 18.3. The Bertz CT molecular complexity index is 1190. The van der Waals surface area contributed by atoms with Gasteiger partial charge in [-0.05, 0) is 38.0 Å². The molecule has 1 aliphatic rings. The molecule has 0 saturated carbocycles. The first-order valence-electron chi connectivity index (χ1n) is 8.91. The third kappa shape index (κ3) is 2.55. The fourth-order valence-electron chi connectivity index (χ4n) is 3.73. The monoisotopic (exact) mass is 359 g/mol. The summed E-state index contributed by atoms with van der Waals surface area (Å²) in [7, 11) is 0. The SMILES string of the molecule is Cc1nc2cnc(-n3cnc4ccc(C#N)cc43)nc2n1C1CCOCC1. The Kier molecular flexibility index (Phi) is 3.62. The molecule has 0 spiro atoms. The van der Waals surface area contributed by atoms with Crippen LogP contribution in [0.2, 0.25) is 0 Å². The number of ether oxygens (including phenoxy) is 1. The largest absolute Gasteiger partial charge is 0.381 e. The lowest BCUT2D eigenvalue weighted by Gasteiger charge is -2.24. The van der Waals surface area contributed by atoms with Crippen LogP contribution in [-0.4, -0.2) is 42.3 Å². The number of aromatic nitrogens is 6. The third-order valence-electron chi connectivity index (χ3n) is 5.04. The van der Waals surface area contributed by atoms with Gasteiger partial charge in [0.15, 0.2) is 5.65 Å². The molecule has 4 heterocycles. The maximum atomic E-state index is 9.19. The van der Waals surface area contributed by atoms with Crippen molar-refractivity contribution in [3.05, 3.63) is 42.1 Å². The fourth-order valence-corrected chi connectivity index (χ4v) is 3.73. The average molecular weight is 359 g/mol. The number of hydrogen-bond acceptors (Lipinski definition) is 6. The van der Waals surface area contributed by atoms with Crippen molar-refractivity contribution in [2.45, 2.75) is 25.8 Å². The van der Waals surface area contributed by atoms with Gasteiger partial charge >= 0.3 is 0 Å². The van der Waals surface area contributed by atoms with Crippen molar-refractivity contribution in [2.24, 2.45) is 0 Å². The van der Waals surface area contributed by atoms with E-state index in [4.69, 9.17) is 9.72 Å². The molecule has 1 saturated heterocycles. The van der Waals surface area contributed by atoms with Crippen LogP contribution in [0.15, 0.2) is 30.7 Å². The van der Waals surface area contributed by atoms with Gasteiger partial charge in [-0.25, -0.2) is 15.0 Å². The van der Waals surface area contributed by atoms with E-state index >= 15 is 0 Å². The molecule has 3 aromatic heterocycles. The first kappa shape index (κ1) is 15.9. The van der Waals surface area contributed by atoms with Crippen LogP contribution in [0.3, 0.4) is 0 Å². The van der Waals surface area contributed by atoms with Crippen molar-refractivity contribution in [3.8, 4) is 12.0 Å². The molecule has 5 rings (SSSR count). The first-order valence-corrected chi connectivity index (χ1v) is 8.91. The summed E-state index contributed by atoms with van der Waals surface area (Å²) in [6.45, 7) is 3.51. The fraction of sp³-hybridized carbons (Fsp3) is 0.316. The Balaban J connectivity index is 1.68. The lowest BCUT2D eigenvalue weighted by molar-refractivity contribution is 0.0699. The molecule has 134 valence electrons. The molecule has 1 aromatic carbocycles. The minimum Gasteiger partial charge on any atom is -0.381 e. The summed E-state index contributed by atoms with van der Waals surface area (Å²) >= 11 is 0. The summed E-state index contributed by atoms with van der Waals surface area (Å²) in [5.74, 6) is 1.46. The molecule has 1 fully saturated rings. The second kappa shape index (κ2) is 6.14. The minimum absolute atomic E-state index is 0.330. The molecule has 4 aromatic rings. The smallest absolute Gasteiger partial charge is 0.237 e. The molecule has 0 amide bonds. The lowest BCUT2D eigenvalue weighted by atomic mass is 10.1. The van der Waals surface area contributed by atoms with Gasteiger partial charge in [0, 0.05) is 19.3 Å². The topological polar surface area (TPSA) is 94.4 Å². The van der Waals surface area contributed by atoms with Crippen LogP contribution in [0, 0.1) is 18.3 Å². The summed E-state index contributed by atoms with van der Waals surface area (Å²) in [5, 5.41) is 9.19. The maximum Gasteiger partial charge on any atom is 0.237 e. The number of hydrogen-bond donors (Lipinski definition) is 0. The Hall–Kier alpha value is -3.31. The average Bonchev–Trinajstić information content (AvgIpc) is 3.27. The molecule has 0 atom stereocenters. The predicted molar refractivity (Wildman–Crippen MR) is 98.5 cm³/mol. The van der Waals surface area contributed by atoms with Crippen LogP contribution in [0.5, 0.6) is 0 Å². The summed E-state index contributed by atoms with van der Waals surface area (Å²) in [6.07, 6.45) is 5.34. The Labute approximate surface area is 155 Å². The zero-order valence-electron chi connectivity index (χ0n) is 14.8. The molecule has 0 aliphatic carbocycles. The summed E-state index contributed by atoms with van der Waals surface area (Å²) < 4.78 is 9.51. The van der Waals surface area contributed by atoms with Crippen molar-refractivity contribution in [3.63, 3.8) is 0 Å². The number of nitrogens with zero attached hydrogens (tertiary/aromatic N) is 7. The van der Waals surface area contributed by atoms with Gasteiger partial charge in [-0.1, -0.05) is 0 Å². The van der Waals surface area contributed by atoms with E-state index in [1.165, 1.54) is 0 Å². The zero-order valence-corrected chi connectivity index (χ0v) is 14.8. The van der Waals surface area contributed by atoms with Gasteiger partial charge in [0.2, 0.25) is 5.95 Å². The van der Waals surface area contributed by atoms with Crippen LogP contribution in [0.1, 0.15) is 30.3 Å². The number of imidazole rings is 2. The molecular weight excluding hydrogens is 342 g/mol. The lowest BCUT2D eigenvalue weighted by Crippen LogP contribution is -2.20. The predicted octanol–water partition coefficient (Wildman–Crippen LogP) is 2.70. The molecule has 8 nitrogen and oxygen atoms in total. The minimum atomic E-state index is 0.330. The van der Waals surface area contributed by atoms with Crippen LogP contribution in [-0.2, 0) is 4.74 Å². The quantitative estimate of drug-likeness (QED) is 0.546. The highest BCUT2D eigenvalue weighted by molar-refractivity contribution is 5.79. The van der Waals surface area contributed by atoms with E-state index in [9.17, 15) is 5.26 Å². The van der Waals surface area contributed by atoms with Crippen molar-refractivity contribution in [2.75, 3.05) is 13.2 Å². The molecule has 27 heavy (non-hydrogen) atoms. The number of aryl methyl sites for hydroxylation is 1. The van der Waals surface area contributed by atoms with Crippen molar-refractivity contribution < 1.29 is 4.74 Å². The highest BCUT2D eigenvalue weighted by Crippen LogP contribution is 2.27. The third-order valence-corrected chi connectivity index (χ3v) is 5.04. The van der Waals surface area contributed by atoms with Crippen LogP contribution in [0.4, 0.5) is 0 Å². The van der Waals surface area contributed by atoms with Crippen molar-refractivity contribution in [1.82, 2.24) is 29.1 Å². The van der Waals surface area contributed by atoms with Gasteiger partial charge in [-0.3, -0.25) is 4.57 Å². The van der Waals surface area contributed by atoms with Crippen molar-refractivity contribution in [1.29, 1.82) is 5.26 Å². The number of benzene rings is 1. The zero-order chi connectivity index (χ0) is 18.4. The maximum absolute atomic E-state index is 9.19. The van der Waals surface area contributed by atoms with Crippen LogP contribution >= 0.6 is 0 Å². The van der Waals surface area contributed by atoms with E-state index in [1.807, 2.05) is 17.6 Å². The molecule has 0 N–H and O–H groups in total. The first-order chi connectivity index (χ1) is 13.2. The molecule has 0 unspecified atom stereocenters. The highest BCUT2D eigenvalue weighted by atomic mass is 16.5. The van der Waals surface area contributed by atoms with Gasteiger partial charge in [0.1, 0.15) is 17.7 Å². The van der Waals surface area contributed by atoms with Gasteiger partial charge in [0.05, 0.1) is 28.9 Å². The van der Waals surface area contributed by atoms with E-state index in [1.54, 1.807) is 24.7 Å². The molecule has 0 radical (unpaired) electrons. The number of fused-ring (bicyclic) bond motifs is 2. The van der Waals surface area contributed by atoms with E-state index in [2.05, 4.69) is 25.6 Å². The van der Waals surface area contributed by atoms with E-state index in [0.29, 0.717) is 17.6 Å². The van der Waals surface area contributed by atoms with Gasteiger partial charge in [-0.2, -0.15) is 10.2 Å². The normalized spacial score (nSPS) is 15.4. The summed E-state index contributed by atoms with van der Waals surface area (Å²) in [6, 6.07) is 7.89. The van der Waals surface area contributed by atoms with Gasteiger partial charge in [-0.15, -0.1) is 0 Å². The highest BCUT2D eigenvalue weighted by Gasteiger charge is 2.22. The summed E-state index contributed by atoms with van der Waals surface area (Å²) in [5.41, 5.74) is 3.79. The number of rotatable bonds is 2. The van der Waals surface area contributed by atoms with Crippen LogP contribution < -0.4 is 0 Å². The van der Waals surface area contributed by atoms with Gasteiger partial charge < -0.3 is 9.30 Å². The standard InChI is InChI=1S/C19H17N7O/c1-12-23-16-10-21-19(24-18(16)26(12)14-4-6-27-7-5-14)25-11-22-15-3-2-13(9-20)8-17(15)25/h2-3,8,10-11,14H,4-7H2,1H3. The van der Waals surface area contributed by atoms with E-state index in [-0.39, 0.29) is 0 Å². The second-order valence-corrected chi connectivity index (χ2v) is 6.68. The second-order valence-electron chi connectivity index (χ2n) is 6.68. The van der Waals surface area contributed by atoms with E-state index < -0.39 is 0 Å². The Morgan fingerprint density at radius 2 is 2.00 bits per heavy atom. The molecule has 1 aliphatic heterocycles. The number of nitriles is 1. The van der Waals surface area contributed by atoms with Crippen molar-refractivity contribution >= 4 is 22.2 Å². The van der Waals surface area contributed by atoms with Crippen LogP contribution in [0.25, 0.3) is 28.1 Å². The Morgan fingerprint density at radius 3 is 2.81 bits per heavy atom. The molecule has 8 heteroatoms. The molecule has 0 bridgehead atoms. The Morgan fingerprint density at radius 1 is 1.15 bits per heavy atom. The molecular formula is C19H17N7O. The van der Waals surface area contributed by atoms with Gasteiger partial charge in [0.25, 0.3) is 0 Å². The van der Waals surface area contributed by atoms with E-state index in [0.717, 1.165) is 54.1 Å².